The van der Waals surface area contributed by atoms with Crippen molar-refractivity contribution >= 4 is 46.5 Å². The molecule has 0 saturated carbocycles. The van der Waals surface area contributed by atoms with Gasteiger partial charge in [0.1, 0.15) is 0 Å². The van der Waals surface area contributed by atoms with Crippen LogP contribution in [0, 0.1) is 13.8 Å². The normalized spacial score (nSPS) is 10.1. The summed E-state index contributed by atoms with van der Waals surface area (Å²) in [5.74, 6) is -1.17. The van der Waals surface area contributed by atoms with Gasteiger partial charge in [-0.2, -0.15) is 0 Å². The van der Waals surface area contributed by atoms with Crippen LogP contribution in [0.15, 0.2) is 42.5 Å². The van der Waals surface area contributed by atoms with Crippen molar-refractivity contribution in [2.75, 3.05) is 17.2 Å². The molecule has 158 valence electrons. The van der Waals surface area contributed by atoms with E-state index in [1.165, 1.54) is 0 Å². The van der Waals surface area contributed by atoms with Crippen LogP contribution in [0.3, 0.4) is 0 Å². The van der Waals surface area contributed by atoms with E-state index in [-0.39, 0.29) is 30.5 Å². The topological polar surface area (TPSA) is 96.5 Å². The Labute approximate surface area is 181 Å². The summed E-state index contributed by atoms with van der Waals surface area (Å²) in [5.41, 5.74) is 3.73. The Kier molecular flexibility index (Phi) is 8.49. The zero-order chi connectivity index (χ0) is 22.1. The van der Waals surface area contributed by atoms with Gasteiger partial charge in [-0.05, 0) is 68.4 Å². The summed E-state index contributed by atoms with van der Waals surface area (Å²) in [6.45, 7) is 5.94. The second-order valence-electron chi connectivity index (χ2n) is 6.61. The summed E-state index contributed by atoms with van der Waals surface area (Å²) < 4.78 is 4.79. The molecule has 2 amide bonds. The van der Waals surface area contributed by atoms with Gasteiger partial charge in [-0.25, -0.2) is 0 Å². The van der Waals surface area contributed by atoms with Gasteiger partial charge in [0, 0.05) is 12.1 Å². The van der Waals surface area contributed by atoms with E-state index in [1.807, 2.05) is 32.0 Å². The fourth-order valence-electron chi connectivity index (χ4n) is 2.60. The molecular weight excluding hydrogens is 402 g/mol. The molecule has 0 bridgehead atoms. The zero-order valence-electron chi connectivity index (χ0n) is 17.2. The van der Waals surface area contributed by atoms with Crippen LogP contribution in [0.4, 0.5) is 11.4 Å². The molecule has 0 fully saturated rings. The van der Waals surface area contributed by atoms with Gasteiger partial charge >= 0.3 is 5.97 Å². The van der Waals surface area contributed by atoms with Gasteiger partial charge in [-0.1, -0.05) is 18.2 Å². The van der Waals surface area contributed by atoms with E-state index in [9.17, 15) is 14.4 Å². The maximum Gasteiger partial charge on any atom is 0.306 e. The van der Waals surface area contributed by atoms with Crippen molar-refractivity contribution < 1.29 is 19.1 Å². The summed E-state index contributed by atoms with van der Waals surface area (Å²) in [7, 11) is 0. The van der Waals surface area contributed by atoms with Crippen LogP contribution in [0.2, 0.25) is 0 Å². The summed E-state index contributed by atoms with van der Waals surface area (Å²) in [5, 5.41) is 8.26. The average Bonchev–Trinajstić information content (AvgIpc) is 2.69. The fraction of sp³-hybridized carbons (Fsp3) is 0.273. The molecule has 0 aliphatic carbocycles. The number of amides is 2. The lowest BCUT2D eigenvalue weighted by atomic mass is 10.1. The van der Waals surface area contributed by atoms with Crippen molar-refractivity contribution in [1.82, 2.24) is 5.32 Å². The molecular formula is C22H25N3O4S. The molecule has 0 aliphatic heterocycles. The van der Waals surface area contributed by atoms with Gasteiger partial charge in [0.2, 0.25) is 5.91 Å². The Morgan fingerprint density at radius 2 is 1.70 bits per heavy atom. The molecule has 0 radical (unpaired) electrons. The van der Waals surface area contributed by atoms with E-state index in [0.29, 0.717) is 16.9 Å². The zero-order valence-corrected chi connectivity index (χ0v) is 18.0. The largest absolute Gasteiger partial charge is 0.466 e. The number of ether oxygens (including phenoxy) is 1. The molecule has 7 nitrogen and oxygen atoms in total. The number of hydrogen-bond acceptors (Lipinski definition) is 5. The highest BCUT2D eigenvalue weighted by Gasteiger charge is 2.14. The predicted octanol–water partition coefficient (Wildman–Crippen LogP) is 3.71. The maximum absolute atomic E-state index is 12.7. The molecule has 30 heavy (non-hydrogen) atoms. The Bertz CT molecular complexity index is 959. The van der Waals surface area contributed by atoms with E-state index >= 15 is 0 Å². The second kappa shape index (κ2) is 11.1. The Morgan fingerprint density at radius 3 is 2.40 bits per heavy atom. The number of anilines is 2. The number of esters is 1. The van der Waals surface area contributed by atoms with Gasteiger partial charge in [0.05, 0.1) is 24.3 Å². The highest BCUT2D eigenvalue weighted by molar-refractivity contribution is 7.80. The molecule has 2 rings (SSSR count). The summed E-state index contributed by atoms with van der Waals surface area (Å²) in [6, 6.07) is 12.5. The van der Waals surface area contributed by atoms with E-state index in [2.05, 4.69) is 16.0 Å². The first-order valence-electron chi connectivity index (χ1n) is 9.54. The molecule has 0 aromatic heterocycles. The number of nitrogens with one attached hydrogen (secondary N) is 3. The molecule has 8 heteroatoms. The maximum atomic E-state index is 12.7. The monoisotopic (exact) mass is 427 g/mol. The molecule has 2 aromatic rings. The van der Waals surface area contributed by atoms with Crippen molar-refractivity contribution in [2.24, 2.45) is 0 Å². The lowest BCUT2D eigenvalue weighted by Crippen LogP contribution is -2.34. The quantitative estimate of drug-likeness (QED) is 0.460. The first-order chi connectivity index (χ1) is 14.3. The van der Waals surface area contributed by atoms with Crippen molar-refractivity contribution in [3.63, 3.8) is 0 Å². The third-order valence-corrected chi connectivity index (χ3v) is 4.50. The number of para-hydroxylation sites is 1. The molecule has 0 saturated heterocycles. The number of hydrogen-bond donors (Lipinski definition) is 3. The van der Waals surface area contributed by atoms with E-state index in [4.69, 9.17) is 17.0 Å². The number of aryl methyl sites for hydroxylation is 2. The van der Waals surface area contributed by atoms with Crippen LogP contribution in [0.25, 0.3) is 0 Å². The minimum absolute atomic E-state index is 0.0305. The third kappa shape index (κ3) is 6.97. The van der Waals surface area contributed by atoms with Crippen LogP contribution in [0.5, 0.6) is 0 Å². The first-order valence-corrected chi connectivity index (χ1v) is 9.95. The number of rotatable bonds is 7. The van der Waals surface area contributed by atoms with E-state index < -0.39 is 11.9 Å². The van der Waals surface area contributed by atoms with Crippen LogP contribution in [-0.4, -0.2) is 29.5 Å². The van der Waals surface area contributed by atoms with Crippen molar-refractivity contribution in [2.45, 2.75) is 33.6 Å². The highest BCUT2D eigenvalue weighted by atomic mass is 32.1. The summed E-state index contributed by atoms with van der Waals surface area (Å²) in [4.78, 5) is 36.0. The molecule has 3 N–H and O–H groups in total. The summed E-state index contributed by atoms with van der Waals surface area (Å²) in [6.07, 6.45) is -0.0766. The smallest absolute Gasteiger partial charge is 0.306 e. The standard InChI is InChI=1S/C22H25N3O4S/c1-4-29-20(27)12-11-19(26)25-22(30)24-18-8-6-5-7-17(18)21(28)23-16-10-9-14(2)15(3)13-16/h5-10,13H,4,11-12H2,1-3H3,(H,23,28)(H2,24,25,26,30). The van der Waals surface area contributed by atoms with Gasteiger partial charge < -0.3 is 20.7 Å². The molecule has 2 aromatic carbocycles. The molecule has 0 aliphatic rings. The van der Waals surface area contributed by atoms with Gasteiger partial charge in [-0.3, -0.25) is 14.4 Å². The minimum atomic E-state index is -0.445. The van der Waals surface area contributed by atoms with Crippen LogP contribution in [0.1, 0.15) is 41.3 Å². The van der Waals surface area contributed by atoms with Gasteiger partial charge in [-0.15, -0.1) is 0 Å². The molecule has 0 atom stereocenters. The first kappa shape index (κ1) is 23.0. The Hall–Kier alpha value is -3.26. The van der Waals surface area contributed by atoms with Crippen molar-refractivity contribution in [3.05, 3.63) is 59.2 Å². The van der Waals surface area contributed by atoms with Gasteiger partial charge in [0.25, 0.3) is 5.91 Å². The SMILES string of the molecule is CCOC(=O)CCC(=O)NC(=S)Nc1ccccc1C(=O)Nc1ccc(C)c(C)c1. The molecule has 0 spiro atoms. The number of carbonyl (C=O) groups excluding carboxylic acids is 3. The van der Waals surface area contributed by atoms with Crippen LogP contribution >= 0.6 is 12.2 Å². The number of benzene rings is 2. The lowest BCUT2D eigenvalue weighted by Gasteiger charge is -2.14. The van der Waals surface area contributed by atoms with E-state index in [0.717, 1.165) is 11.1 Å². The Morgan fingerprint density at radius 1 is 0.967 bits per heavy atom. The summed E-state index contributed by atoms with van der Waals surface area (Å²) >= 11 is 5.16. The molecule has 0 unspecified atom stereocenters. The van der Waals surface area contributed by atoms with Gasteiger partial charge in [0.15, 0.2) is 5.11 Å². The highest BCUT2D eigenvalue weighted by Crippen LogP contribution is 2.19. The lowest BCUT2D eigenvalue weighted by molar-refractivity contribution is -0.144. The number of thiocarbonyl (C=S) groups is 1. The fourth-order valence-corrected chi connectivity index (χ4v) is 2.82. The van der Waals surface area contributed by atoms with Crippen LogP contribution in [-0.2, 0) is 14.3 Å². The second-order valence-corrected chi connectivity index (χ2v) is 7.01. The third-order valence-electron chi connectivity index (χ3n) is 4.30. The minimum Gasteiger partial charge on any atom is -0.466 e. The Balaban J connectivity index is 1.99. The van der Waals surface area contributed by atoms with Crippen molar-refractivity contribution in [1.29, 1.82) is 0 Å². The van der Waals surface area contributed by atoms with E-state index in [1.54, 1.807) is 31.2 Å². The predicted molar refractivity (Wildman–Crippen MR) is 121 cm³/mol. The van der Waals surface area contributed by atoms with Crippen LogP contribution < -0.4 is 16.0 Å². The average molecular weight is 428 g/mol. The number of carbonyl (C=O) groups is 3. The van der Waals surface area contributed by atoms with Crippen molar-refractivity contribution in [3.8, 4) is 0 Å². The molecule has 0 heterocycles.